The van der Waals surface area contributed by atoms with Gasteiger partial charge in [0.05, 0.1) is 11.0 Å². The Morgan fingerprint density at radius 3 is 2.29 bits per heavy atom. The van der Waals surface area contributed by atoms with Crippen LogP contribution in [-0.2, 0) is 14.3 Å². The Kier molecular flexibility index (Phi) is 2.35. The second-order valence-electron chi connectivity index (χ2n) is 7.45. The van der Waals surface area contributed by atoms with Crippen molar-refractivity contribution in [2.24, 2.45) is 35.5 Å². The first-order valence-electron chi connectivity index (χ1n) is 8.06. The molecular formula is C17H20O3S. The Bertz CT molecular complexity index is 687. The Morgan fingerprint density at radius 1 is 0.952 bits per heavy atom. The van der Waals surface area contributed by atoms with E-state index in [-0.39, 0.29) is 6.10 Å². The van der Waals surface area contributed by atoms with Gasteiger partial charge in [0.1, 0.15) is 0 Å². The van der Waals surface area contributed by atoms with Crippen molar-refractivity contribution in [2.45, 2.75) is 37.2 Å². The zero-order chi connectivity index (χ0) is 14.4. The second kappa shape index (κ2) is 3.90. The van der Waals surface area contributed by atoms with Gasteiger partial charge in [0, 0.05) is 0 Å². The molecule has 0 radical (unpaired) electrons. The summed E-state index contributed by atoms with van der Waals surface area (Å²) in [4.78, 5) is 0.304. The summed E-state index contributed by atoms with van der Waals surface area (Å²) in [6.45, 7) is 1.96. The van der Waals surface area contributed by atoms with Crippen LogP contribution in [0.3, 0.4) is 0 Å². The van der Waals surface area contributed by atoms with Gasteiger partial charge < -0.3 is 0 Å². The number of hydrogen-bond donors (Lipinski definition) is 0. The van der Waals surface area contributed by atoms with Crippen molar-refractivity contribution >= 4 is 10.1 Å². The van der Waals surface area contributed by atoms with Crippen molar-refractivity contribution in [2.75, 3.05) is 0 Å². The van der Waals surface area contributed by atoms with Gasteiger partial charge in [0.15, 0.2) is 0 Å². The number of rotatable bonds is 3. The van der Waals surface area contributed by atoms with Gasteiger partial charge in [-0.3, -0.25) is 4.18 Å². The first kappa shape index (κ1) is 12.7. The molecule has 1 aromatic carbocycles. The Balaban J connectivity index is 1.43. The van der Waals surface area contributed by atoms with Gasteiger partial charge in [-0.1, -0.05) is 17.7 Å². The summed E-state index contributed by atoms with van der Waals surface area (Å²) in [5.41, 5.74) is 1.06. The van der Waals surface area contributed by atoms with Crippen LogP contribution in [0.5, 0.6) is 0 Å². The molecule has 0 N–H and O–H groups in total. The molecule has 4 heteroatoms. The predicted octanol–water partition coefficient (Wildman–Crippen LogP) is 2.99. The number of fused-ring (bicyclic) bond motifs is 3. The lowest BCUT2D eigenvalue weighted by molar-refractivity contribution is -0.0255. The smallest absolute Gasteiger partial charge is 0.262 e. The largest absolute Gasteiger partial charge is 0.297 e. The van der Waals surface area contributed by atoms with Gasteiger partial charge in [-0.2, -0.15) is 8.42 Å². The molecule has 5 rings (SSSR count). The van der Waals surface area contributed by atoms with Crippen LogP contribution in [0.1, 0.15) is 24.8 Å². The molecule has 0 amide bonds. The topological polar surface area (TPSA) is 43.4 Å². The minimum atomic E-state index is -3.61. The normalized spacial score (nSPS) is 45.9. The maximum absolute atomic E-state index is 12.5. The molecular weight excluding hydrogens is 284 g/mol. The van der Waals surface area contributed by atoms with Crippen LogP contribution >= 0.6 is 0 Å². The van der Waals surface area contributed by atoms with Gasteiger partial charge >= 0.3 is 0 Å². The molecule has 0 aliphatic heterocycles. The maximum Gasteiger partial charge on any atom is 0.297 e. The van der Waals surface area contributed by atoms with Gasteiger partial charge in [0.2, 0.25) is 0 Å². The molecule has 0 aromatic heterocycles. The van der Waals surface area contributed by atoms with E-state index < -0.39 is 10.1 Å². The summed E-state index contributed by atoms with van der Waals surface area (Å²) in [6.07, 6.45) is 3.86. The van der Waals surface area contributed by atoms with Crippen molar-refractivity contribution in [1.82, 2.24) is 0 Å². The number of aryl methyl sites for hydroxylation is 1. The lowest BCUT2D eigenvalue weighted by Crippen LogP contribution is -2.45. The van der Waals surface area contributed by atoms with Crippen molar-refractivity contribution in [3.05, 3.63) is 29.8 Å². The van der Waals surface area contributed by atoms with Crippen LogP contribution in [0.4, 0.5) is 0 Å². The van der Waals surface area contributed by atoms with Crippen LogP contribution < -0.4 is 0 Å². The molecule has 2 bridgehead atoms. The fourth-order valence-electron chi connectivity index (χ4n) is 6.07. The molecule has 1 aromatic rings. The first-order chi connectivity index (χ1) is 10.1. The van der Waals surface area contributed by atoms with E-state index in [0.717, 1.165) is 29.2 Å². The lowest BCUT2D eigenvalue weighted by atomic mass is 9.56. The van der Waals surface area contributed by atoms with Crippen LogP contribution in [0.2, 0.25) is 0 Å². The van der Waals surface area contributed by atoms with Crippen LogP contribution in [0.25, 0.3) is 0 Å². The number of benzene rings is 1. The molecule has 3 nitrogen and oxygen atoms in total. The molecule has 4 aliphatic rings. The van der Waals surface area contributed by atoms with Gasteiger partial charge in [-0.05, 0) is 73.8 Å². The van der Waals surface area contributed by atoms with Gasteiger partial charge in [-0.15, -0.1) is 0 Å². The van der Waals surface area contributed by atoms with E-state index in [4.69, 9.17) is 4.18 Å². The van der Waals surface area contributed by atoms with E-state index in [1.807, 2.05) is 19.1 Å². The summed E-state index contributed by atoms with van der Waals surface area (Å²) in [5, 5.41) is 0. The fraction of sp³-hybridized carbons (Fsp3) is 0.647. The fourth-order valence-corrected chi connectivity index (χ4v) is 7.22. The summed E-state index contributed by atoms with van der Waals surface area (Å²) < 4.78 is 30.8. The monoisotopic (exact) mass is 304 g/mol. The summed E-state index contributed by atoms with van der Waals surface area (Å²) in [6, 6.07) is 6.99. The predicted molar refractivity (Wildman–Crippen MR) is 78.0 cm³/mol. The third-order valence-electron chi connectivity index (χ3n) is 6.75. The molecule has 112 valence electrons. The van der Waals surface area contributed by atoms with E-state index in [1.165, 1.54) is 19.3 Å². The van der Waals surface area contributed by atoms with Crippen LogP contribution in [0.15, 0.2) is 29.2 Å². The third-order valence-corrected chi connectivity index (χ3v) is 8.08. The lowest BCUT2D eigenvalue weighted by Gasteiger charge is -2.48. The summed E-state index contributed by atoms with van der Waals surface area (Å²) in [5.74, 6) is 4.23. The van der Waals surface area contributed by atoms with E-state index in [0.29, 0.717) is 16.7 Å². The average molecular weight is 304 g/mol. The zero-order valence-corrected chi connectivity index (χ0v) is 12.9. The van der Waals surface area contributed by atoms with E-state index >= 15 is 0 Å². The third kappa shape index (κ3) is 1.50. The minimum Gasteiger partial charge on any atom is -0.262 e. The van der Waals surface area contributed by atoms with Crippen molar-refractivity contribution in [1.29, 1.82) is 0 Å². The SMILES string of the molecule is Cc1ccc(S(=O)(=O)OC2C3CC4C5CCC3C5C42)cc1. The van der Waals surface area contributed by atoms with Crippen LogP contribution in [-0.4, -0.2) is 14.5 Å². The second-order valence-corrected chi connectivity index (χ2v) is 9.02. The molecule has 4 aliphatic carbocycles. The molecule has 4 fully saturated rings. The standard InChI is InChI=1S/C17H20O3S/c1-9-2-4-10(5-3-9)21(18,19)20-17-14-8-13-11-6-7-12(14)15(11)16(13)17/h2-5,11-17H,6-8H2,1H3. The molecule has 7 atom stereocenters. The zero-order valence-electron chi connectivity index (χ0n) is 12.1. The van der Waals surface area contributed by atoms with Crippen molar-refractivity contribution in [3.63, 3.8) is 0 Å². The van der Waals surface area contributed by atoms with Crippen molar-refractivity contribution in [3.8, 4) is 0 Å². The quantitative estimate of drug-likeness (QED) is 0.806. The Morgan fingerprint density at radius 2 is 1.62 bits per heavy atom. The highest BCUT2D eigenvalue weighted by Crippen LogP contribution is 2.75. The van der Waals surface area contributed by atoms with Gasteiger partial charge in [-0.25, -0.2) is 0 Å². The summed E-state index contributed by atoms with van der Waals surface area (Å²) >= 11 is 0. The van der Waals surface area contributed by atoms with E-state index in [9.17, 15) is 8.42 Å². The highest BCUT2D eigenvalue weighted by Gasteiger charge is 2.73. The Hall–Kier alpha value is -0.870. The van der Waals surface area contributed by atoms with Crippen LogP contribution in [0, 0.1) is 42.4 Å². The van der Waals surface area contributed by atoms with Gasteiger partial charge in [0.25, 0.3) is 10.1 Å². The highest BCUT2D eigenvalue weighted by molar-refractivity contribution is 7.86. The maximum atomic E-state index is 12.5. The molecule has 0 heterocycles. The van der Waals surface area contributed by atoms with E-state index in [1.54, 1.807) is 12.1 Å². The molecule has 0 saturated heterocycles. The van der Waals surface area contributed by atoms with Crippen molar-refractivity contribution < 1.29 is 12.6 Å². The molecule has 0 spiro atoms. The minimum absolute atomic E-state index is 0.0344. The first-order valence-corrected chi connectivity index (χ1v) is 9.47. The highest BCUT2D eigenvalue weighted by atomic mass is 32.2. The average Bonchev–Trinajstić information content (AvgIpc) is 2.95. The van der Waals surface area contributed by atoms with E-state index in [2.05, 4.69) is 0 Å². The summed E-state index contributed by atoms with van der Waals surface area (Å²) in [7, 11) is -3.61. The molecule has 4 saturated carbocycles. The molecule has 21 heavy (non-hydrogen) atoms. The molecule has 7 unspecified atom stereocenters. The Labute approximate surface area is 125 Å². The number of hydrogen-bond acceptors (Lipinski definition) is 3.